The Hall–Kier alpha value is -3.82. The Bertz CT molecular complexity index is 1200. The number of halogens is 1. The van der Waals surface area contributed by atoms with Crippen molar-refractivity contribution in [3.05, 3.63) is 66.1 Å². The minimum Gasteiger partial charge on any atom is -0.356 e. The van der Waals surface area contributed by atoms with Crippen molar-refractivity contribution in [2.45, 2.75) is 57.0 Å². The fourth-order valence-electron chi connectivity index (χ4n) is 5.26. The number of fused-ring (bicyclic) bond motifs is 1. The van der Waals surface area contributed by atoms with Crippen LogP contribution in [-0.2, 0) is 11.3 Å². The predicted molar refractivity (Wildman–Crippen MR) is 134 cm³/mol. The van der Waals surface area contributed by atoms with Gasteiger partial charge in [-0.1, -0.05) is 30.1 Å². The van der Waals surface area contributed by atoms with Gasteiger partial charge in [-0.25, -0.2) is 9.18 Å². The highest BCUT2D eigenvalue weighted by atomic mass is 19.1. The Morgan fingerprint density at radius 1 is 1.14 bits per heavy atom. The summed E-state index contributed by atoms with van der Waals surface area (Å²) in [6, 6.07) is 9.20. The van der Waals surface area contributed by atoms with Crippen LogP contribution in [0.5, 0.6) is 0 Å². The van der Waals surface area contributed by atoms with E-state index in [9.17, 15) is 14.0 Å². The molecule has 3 amide bonds. The number of hydrogen-bond donors (Lipinski definition) is 2. The highest BCUT2D eigenvalue weighted by Crippen LogP contribution is 2.41. The van der Waals surface area contributed by atoms with Gasteiger partial charge in [-0.2, -0.15) is 4.98 Å². The van der Waals surface area contributed by atoms with Crippen LogP contribution in [0.3, 0.4) is 0 Å². The molecule has 2 fully saturated rings. The number of nitrogens with one attached hydrogen (secondary N) is 2. The topological polar surface area (TPSA) is 113 Å². The van der Waals surface area contributed by atoms with Crippen LogP contribution in [0.2, 0.25) is 0 Å². The predicted octanol–water partition coefficient (Wildman–Crippen LogP) is 4.03. The van der Waals surface area contributed by atoms with Crippen LogP contribution in [0.4, 0.5) is 9.18 Å². The molecule has 3 atom stereocenters. The van der Waals surface area contributed by atoms with Gasteiger partial charge < -0.3 is 20.1 Å². The fourth-order valence-corrected chi connectivity index (χ4v) is 5.26. The maximum absolute atomic E-state index is 13.4. The van der Waals surface area contributed by atoms with E-state index < -0.39 is 0 Å². The van der Waals surface area contributed by atoms with Crippen LogP contribution in [-0.4, -0.2) is 51.1 Å². The average molecular weight is 507 g/mol. The van der Waals surface area contributed by atoms with Crippen molar-refractivity contribution in [3.8, 4) is 11.4 Å². The first-order chi connectivity index (χ1) is 18.1. The fraction of sp³-hybridized carbons (Fsp3) is 0.444. The third-order valence-corrected chi connectivity index (χ3v) is 7.22. The Balaban J connectivity index is 1.36. The highest BCUT2D eigenvalue weighted by molar-refractivity contribution is 5.82. The van der Waals surface area contributed by atoms with Crippen molar-refractivity contribution in [2.75, 3.05) is 13.1 Å². The Labute approximate surface area is 214 Å². The molecule has 0 bridgehead atoms. The van der Waals surface area contributed by atoms with Crippen molar-refractivity contribution < 1.29 is 18.5 Å². The second-order valence-electron chi connectivity index (χ2n) is 9.72. The van der Waals surface area contributed by atoms with Gasteiger partial charge in [0, 0.05) is 49.6 Å². The summed E-state index contributed by atoms with van der Waals surface area (Å²) in [5.41, 5.74) is 1.56. The van der Waals surface area contributed by atoms with Crippen molar-refractivity contribution in [1.82, 2.24) is 30.7 Å². The number of carbonyl (C=O) groups is 2. The number of rotatable bonds is 4. The third-order valence-electron chi connectivity index (χ3n) is 7.22. The molecule has 37 heavy (non-hydrogen) atoms. The SMILES string of the molecule is O=C1NCCCCCCN(C(=O)NCc2ccc(F)cc2)C2CC(c3nc(-c4cccnc4)no3)CC12. The molecular formula is C27H31FN6O3. The molecule has 2 N–H and O–H groups in total. The van der Waals surface area contributed by atoms with Crippen LogP contribution in [0.15, 0.2) is 53.3 Å². The standard InChI is InChI=1S/C27H31FN6O3/c28-21-9-7-18(8-10-21)16-31-27(36)34-13-4-2-1-3-12-30-25(35)22-14-20(15-23(22)34)26-32-24(33-37-26)19-6-5-11-29-17-19/h5-11,17,20,22-23H,1-4,12-16H2,(H,30,35)(H,31,36). The molecule has 3 heterocycles. The number of amides is 3. The number of hydrogen-bond acceptors (Lipinski definition) is 6. The number of nitrogens with zero attached hydrogens (tertiary/aromatic N) is 4. The lowest BCUT2D eigenvalue weighted by atomic mass is 10.0. The molecule has 3 aromatic rings. The van der Waals surface area contributed by atoms with Gasteiger partial charge in [-0.3, -0.25) is 9.78 Å². The van der Waals surface area contributed by atoms with E-state index in [-0.39, 0.29) is 42.2 Å². The van der Waals surface area contributed by atoms with E-state index in [4.69, 9.17) is 4.52 Å². The molecule has 2 aliphatic rings. The van der Waals surface area contributed by atoms with Gasteiger partial charge in [0.2, 0.25) is 17.6 Å². The summed E-state index contributed by atoms with van der Waals surface area (Å²) in [6.07, 6.45) is 8.19. The first-order valence-electron chi connectivity index (χ1n) is 12.9. The van der Waals surface area contributed by atoms with Crippen molar-refractivity contribution in [2.24, 2.45) is 5.92 Å². The van der Waals surface area contributed by atoms with E-state index in [1.807, 2.05) is 12.1 Å². The summed E-state index contributed by atoms with van der Waals surface area (Å²) in [6.45, 7) is 1.47. The van der Waals surface area contributed by atoms with Crippen LogP contribution in [0.25, 0.3) is 11.4 Å². The number of benzene rings is 1. The zero-order chi connectivity index (χ0) is 25.6. The van der Waals surface area contributed by atoms with Gasteiger partial charge >= 0.3 is 6.03 Å². The molecule has 2 aromatic heterocycles. The minimum absolute atomic E-state index is 0.0438. The average Bonchev–Trinajstić information content (AvgIpc) is 3.57. The lowest BCUT2D eigenvalue weighted by molar-refractivity contribution is -0.126. The molecule has 9 nitrogen and oxygen atoms in total. The molecule has 1 aliphatic carbocycles. The van der Waals surface area contributed by atoms with E-state index in [2.05, 4.69) is 25.8 Å². The van der Waals surface area contributed by atoms with E-state index >= 15 is 0 Å². The maximum atomic E-state index is 13.4. The minimum atomic E-state index is -0.381. The molecule has 5 rings (SSSR count). The lowest BCUT2D eigenvalue weighted by Gasteiger charge is -2.32. The lowest BCUT2D eigenvalue weighted by Crippen LogP contribution is -2.50. The molecule has 0 radical (unpaired) electrons. The van der Waals surface area contributed by atoms with E-state index in [0.717, 1.165) is 36.8 Å². The smallest absolute Gasteiger partial charge is 0.317 e. The van der Waals surface area contributed by atoms with Crippen molar-refractivity contribution in [3.63, 3.8) is 0 Å². The van der Waals surface area contributed by atoms with Crippen LogP contribution >= 0.6 is 0 Å². The second-order valence-corrected chi connectivity index (χ2v) is 9.72. The Morgan fingerprint density at radius 3 is 2.78 bits per heavy atom. The molecule has 1 saturated heterocycles. The van der Waals surface area contributed by atoms with Gasteiger partial charge in [-0.05, 0) is 55.5 Å². The summed E-state index contributed by atoms with van der Waals surface area (Å²) in [7, 11) is 0. The summed E-state index contributed by atoms with van der Waals surface area (Å²) >= 11 is 0. The number of aromatic nitrogens is 3. The number of urea groups is 1. The van der Waals surface area contributed by atoms with Gasteiger partial charge in [0.05, 0.1) is 5.92 Å². The normalized spacial score (nSPS) is 22.6. The van der Waals surface area contributed by atoms with Crippen LogP contribution in [0, 0.1) is 11.7 Å². The third kappa shape index (κ3) is 5.95. The van der Waals surface area contributed by atoms with Gasteiger partial charge in [0.1, 0.15) is 5.82 Å². The van der Waals surface area contributed by atoms with E-state index in [1.54, 1.807) is 29.4 Å². The molecule has 1 saturated carbocycles. The monoisotopic (exact) mass is 506 g/mol. The van der Waals surface area contributed by atoms with E-state index in [1.165, 1.54) is 12.1 Å². The molecule has 1 aromatic carbocycles. The van der Waals surface area contributed by atoms with Gasteiger partial charge in [0.15, 0.2) is 0 Å². The summed E-state index contributed by atoms with van der Waals surface area (Å²) < 4.78 is 18.9. The first-order valence-corrected chi connectivity index (χ1v) is 12.9. The molecule has 10 heteroatoms. The van der Waals surface area contributed by atoms with Gasteiger partial charge in [0.25, 0.3) is 0 Å². The quantitative estimate of drug-likeness (QED) is 0.552. The van der Waals surface area contributed by atoms with Crippen LogP contribution < -0.4 is 10.6 Å². The first kappa shape index (κ1) is 24.9. The molecule has 3 unspecified atom stereocenters. The molecule has 194 valence electrons. The Kier molecular flexibility index (Phi) is 7.72. The summed E-state index contributed by atoms with van der Waals surface area (Å²) in [5.74, 6) is 0.0368. The highest BCUT2D eigenvalue weighted by Gasteiger charge is 2.45. The number of pyridine rings is 1. The van der Waals surface area contributed by atoms with Gasteiger partial charge in [-0.15, -0.1) is 0 Å². The zero-order valence-corrected chi connectivity index (χ0v) is 20.6. The van der Waals surface area contributed by atoms with Crippen LogP contribution in [0.1, 0.15) is 55.9 Å². The summed E-state index contributed by atoms with van der Waals surface area (Å²) in [5, 5.41) is 10.2. The zero-order valence-electron chi connectivity index (χ0n) is 20.6. The van der Waals surface area contributed by atoms with E-state index in [0.29, 0.717) is 37.6 Å². The molecular weight excluding hydrogens is 475 g/mol. The molecule has 0 spiro atoms. The second kappa shape index (κ2) is 11.5. The summed E-state index contributed by atoms with van der Waals surface area (Å²) in [4.78, 5) is 37.2. The number of carbonyl (C=O) groups excluding carboxylic acids is 2. The van der Waals surface area contributed by atoms with Crippen molar-refractivity contribution in [1.29, 1.82) is 0 Å². The maximum Gasteiger partial charge on any atom is 0.317 e. The largest absolute Gasteiger partial charge is 0.356 e. The Morgan fingerprint density at radius 2 is 1.97 bits per heavy atom. The van der Waals surface area contributed by atoms with Crippen molar-refractivity contribution >= 4 is 11.9 Å². The molecule has 1 aliphatic heterocycles.